The highest BCUT2D eigenvalue weighted by atomic mass is 16.5. The first kappa shape index (κ1) is 20.0. The number of imide groups is 1. The van der Waals surface area contributed by atoms with Gasteiger partial charge in [-0.3, -0.25) is 19.3 Å². The van der Waals surface area contributed by atoms with Crippen molar-refractivity contribution in [3.8, 4) is 0 Å². The fourth-order valence-corrected chi connectivity index (χ4v) is 3.82. The summed E-state index contributed by atoms with van der Waals surface area (Å²) in [5.41, 5.74) is 0.536. The number of carbonyl (C=O) groups is 4. The van der Waals surface area contributed by atoms with Crippen molar-refractivity contribution >= 4 is 23.7 Å². The fourth-order valence-electron chi connectivity index (χ4n) is 3.82. The number of rotatable bonds is 5. The molecule has 0 bridgehead atoms. The first-order valence-electron chi connectivity index (χ1n) is 9.79. The van der Waals surface area contributed by atoms with E-state index in [4.69, 9.17) is 4.74 Å². The van der Waals surface area contributed by atoms with Gasteiger partial charge in [-0.2, -0.15) is 0 Å². The van der Waals surface area contributed by atoms with Crippen molar-refractivity contribution in [2.75, 3.05) is 0 Å². The molecule has 0 spiro atoms. The number of esters is 1. The van der Waals surface area contributed by atoms with E-state index in [1.54, 1.807) is 24.3 Å². The standard InChI is InChI=1S/C21H26N2O5/c1-12-8-4-7-11-17(12)22-18(24)14(3)28-21(27)13(2)23-19(25)15-9-5-6-10-16(15)20(23)26/h5-6,9-10,12-14,17H,4,7-8,11H2,1-3H3,(H,22,24)/t12-,13-,14-,17-/m1/s1. The number of nitrogens with one attached hydrogen (secondary N) is 1. The van der Waals surface area contributed by atoms with Gasteiger partial charge in [-0.15, -0.1) is 0 Å². The first-order chi connectivity index (χ1) is 13.3. The Kier molecular flexibility index (Phi) is 5.82. The van der Waals surface area contributed by atoms with Gasteiger partial charge in [0.15, 0.2) is 6.10 Å². The summed E-state index contributed by atoms with van der Waals surface area (Å²) in [5.74, 6) is -1.82. The van der Waals surface area contributed by atoms with Crippen LogP contribution in [0.4, 0.5) is 0 Å². The van der Waals surface area contributed by atoms with Gasteiger partial charge in [0, 0.05) is 6.04 Å². The van der Waals surface area contributed by atoms with Crippen LogP contribution in [0.15, 0.2) is 24.3 Å². The van der Waals surface area contributed by atoms with E-state index >= 15 is 0 Å². The molecule has 7 nitrogen and oxygen atoms in total. The Labute approximate surface area is 164 Å². The van der Waals surface area contributed by atoms with Crippen LogP contribution in [0.25, 0.3) is 0 Å². The van der Waals surface area contributed by atoms with Crippen LogP contribution in [-0.4, -0.2) is 46.8 Å². The molecular weight excluding hydrogens is 360 g/mol. The van der Waals surface area contributed by atoms with Crippen LogP contribution in [0.2, 0.25) is 0 Å². The molecule has 150 valence electrons. The van der Waals surface area contributed by atoms with Crippen LogP contribution >= 0.6 is 0 Å². The quantitative estimate of drug-likeness (QED) is 0.619. The minimum absolute atomic E-state index is 0.0797. The average Bonchev–Trinajstić information content (AvgIpc) is 2.93. The third-order valence-corrected chi connectivity index (χ3v) is 5.66. The predicted molar refractivity (Wildman–Crippen MR) is 102 cm³/mol. The lowest BCUT2D eigenvalue weighted by Gasteiger charge is -2.30. The Morgan fingerprint density at radius 2 is 1.64 bits per heavy atom. The zero-order valence-corrected chi connectivity index (χ0v) is 16.4. The Bertz CT molecular complexity index is 771. The van der Waals surface area contributed by atoms with Crippen LogP contribution in [0.5, 0.6) is 0 Å². The van der Waals surface area contributed by atoms with Crippen LogP contribution in [0, 0.1) is 5.92 Å². The van der Waals surface area contributed by atoms with Gasteiger partial charge in [0.05, 0.1) is 11.1 Å². The second kappa shape index (κ2) is 8.12. The molecule has 4 atom stereocenters. The summed E-state index contributed by atoms with van der Waals surface area (Å²) in [6, 6.07) is 5.39. The van der Waals surface area contributed by atoms with Crippen molar-refractivity contribution in [2.24, 2.45) is 5.92 Å². The van der Waals surface area contributed by atoms with Gasteiger partial charge in [0.2, 0.25) is 0 Å². The molecule has 28 heavy (non-hydrogen) atoms. The first-order valence-corrected chi connectivity index (χ1v) is 9.79. The Hall–Kier alpha value is -2.70. The van der Waals surface area contributed by atoms with Crippen molar-refractivity contribution < 1.29 is 23.9 Å². The van der Waals surface area contributed by atoms with E-state index in [0.29, 0.717) is 5.92 Å². The summed E-state index contributed by atoms with van der Waals surface area (Å²) < 4.78 is 5.26. The van der Waals surface area contributed by atoms with Crippen LogP contribution < -0.4 is 5.32 Å². The average molecular weight is 386 g/mol. The highest BCUT2D eigenvalue weighted by Crippen LogP contribution is 2.25. The minimum atomic E-state index is -1.11. The number of carbonyl (C=O) groups excluding carboxylic acids is 4. The second-order valence-electron chi connectivity index (χ2n) is 7.66. The molecule has 0 radical (unpaired) electrons. The number of nitrogens with zero attached hydrogens (tertiary/aromatic N) is 1. The molecule has 1 saturated carbocycles. The lowest BCUT2D eigenvalue weighted by molar-refractivity contribution is -0.158. The molecule has 7 heteroatoms. The highest BCUT2D eigenvalue weighted by molar-refractivity contribution is 6.22. The van der Waals surface area contributed by atoms with Crippen molar-refractivity contribution in [1.29, 1.82) is 0 Å². The minimum Gasteiger partial charge on any atom is -0.451 e. The molecule has 1 heterocycles. The molecular formula is C21H26N2O5. The van der Waals surface area contributed by atoms with Gasteiger partial charge in [0.25, 0.3) is 17.7 Å². The number of hydrogen-bond donors (Lipinski definition) is 1. The largest absolute Gasteiger partial charge is 0.451 e. The number of fused-ring (bicyclic) bond motifs is 1. The fraction of sp³-hybridized carbons (Fsp3) is 0.524. The zero-order chi connectivity index (χ0) is 20.4. The summed E-state index contributed by atoms with van der Waals surface area (Å²) in [4.78, 5) is 50.8. The Morgan fingerprint density at radius 3 is 2.21 bits per heavy atom. The van der Waals surface area contributed by atoms with Crippen LogP contribution in [0.1, 0.15) is 67.2 Å². The Morgan fingerprint density at radius 1 is 1.07 bits per heavy atom. The molecule has 1 fully saturated rings. The molecule has 3 amide bonds. The van der Waals surface area contributed by atoms with E-state index in [0.717, 1.165) is 30.6 Å². The lowest BCUT2D eigenvalue weighted by atomic mass is 9.86. The van der Waals surface area contributed by atoms with Gasteiger partial charge >= 0.3 is 5.97 Å². The smallest absolute Gasteiger partial charge is 0.329 e. The summed E-state index contributed by atoms with van der Waals surface area (Å²) >= 11 is 0. The number of benzene rings is 1. The summed E-state index contributed by atoms with van der Waals surface area (Å²) in [5, 5.41) is 2.95. The summed E-state index contributed by atoms with van der Waals surface area (Å²) in [6.07, 6.45) is 3.21. The number of hydrogen-bond acceptors (Lipinski definition) is 5. The lowest BCUT2D eigenvalue weighted by Crippen LogP contribution is -2.48. The second-order valence-corrected chi connectivity index (χ2v) is 7.66. The molecule has 0 aromatic heterocycles. The van der Waals surface area contributed by atoms with Gasteiger partial charge in [0.1, 0.15) is 6.04 Å². The molecule has 3 rings (SSSR count). The van der Waals surface area contributed by atoms with Crippen molar-refractivity contribution in [2.45, 2.75) is 64.6 Å². The third-order valence-electron chi connectivity index (χ3n) is 5.66. The van der Waals surface area contributed by atoms with Gasteiger partial charge < -0.3 is 10.1 Å². The van der Waals surface area contributed by atoms with E-state index in [9.17, 15) is 19.2 Å². The third kappa shape index (κ3) is 3.79. The van der Waals surface area contributed by atoms with E-state index in [1.165, 1.54) is 13.8 Å². The topological polar surface area (TPSA) is 92.8 Å². The molecule has 1 aromatic rings. The van der Waals surface area contributed by atoms with E-state index in [-0.39, 0.29) is 23.1 Å². The maximum absolute atomic E-state index is 12.5. The van der Waals surface area contributed by atoms with Crippen molar-refractivity contribution in [1.82, 2.24) is 10.2 Å². The molecule has 2 aliphatic rings. The van der Waals surface area contributed by atoms with Crippen molar-refractivity contribution in [3.05, 3.63) is 35.4 Å². The summed E-state index contributed by atoms with van der Waals surface area (Å²) in [7, 11) is 0. The van der Waals surface area contributed by atoms with E-state index < -0.39 is 29.9 Å². The maximum atomic E-state index is 12.5. The number of ether oxygens (including phenoxy) is 1. The Balaban J connectivity index is 1.60. The van der Waals surface area contributed by atoms with E-state index in [2.05, 4.69) is 12.2 Å². The zero-order valence-electron chi connectivity index (χ0n) is 16.4. The molecule has 1 aromatic carbocycles. The monoisotopic (exact) mass is 386 g/mol. The normalized spacial score (nSPS) is 23.8. The molecule has 1 aliphatic heterocycles. The summed E-state index contributed by atoms with van der Waals surface area (Å²) in [6.45, 7) is 5.03. The van der Waals surface area contributed by atoms with Gasteiger partial charge in [-0.05, 0) is 44.7 Å². The van der Waals surface area contributed by atoms with Crippen molar-refractivity contribution in [3.63, 3.8) is 0 Å². The SMILES string of the molecule is C[C@@H]1CCCC[C@H]1NC(=O)[C@@H](C)OC(=O)[C@@H](C)N1C(=O)c2ccccc2C1=O. The molecule has 0 unspecified atom stereocenters. The van der Waals surface area contributed by atoms with E-state index in [1.807, 2.05) is 0 Å². The predicted octanol–water partition coefficient (Wildman–Crippen LogP) is 2.30. The van der Waals surface area contributed by atoms with Gasteiger partial charge in [-0.1, -0.05) is 31.9 Å². The maximum Gasteiger partial charge on any atom is 0.329 e. The molecule has 1 aliphatic carbocycles. The molecule has 1 N–H and O–H groups in total. The molecule has 0 saturated heterocycles. The number of amides is 3. The van der Waals surface area contributed by atoms with Crippen LogP contribution in [-0.2, 0) is 14.3 Å². The highest BCUT2D eigenvalue weighted by Gasteiger charge is 2.41. The van der Waals surface area contributed by atoms with Crippen LogP contribution in [0.3, 0.4) is 0 Å². The van der Waals surface area contributed by atoms with Gasteiger partial charge in [-0.25, -0.2) is 4.79 Å².